The first-order valence-electron chi connectivity index (χ1n) is 14.8. The zero-order valence-electron chi connectivity index (χ0n) is 24.5. The maximum absolute atomic E-state index is 11.8. The smallest absolute Gasteiger partial charge is 0.338 e. The normalized spacial score (nSPS) is 10.4. The van der Waals surface area contributed by atoms with Gasteiger partial charge < -0.3 is 20.1 Å². The van der Waals surface area contributed by atoms with E-state index in [0.717, 1.165) is 32.1 Å². The van der Waals surface area contributed by atoms with Crippen LogP contribution in [0.5, 0.6) is 0 Å². The van der Waals surface area contributed by atoms with Gasteiger partial charge in [-0.1, -0.05) is 96.6 Å². The fraction of sp³-hybridized carbons (Fsp3) is 0.515. The molecule has 0 aromatic heterocycles. The van der Waals surface area contributed by atoms with Crippen LogP contribution >= 0.6 is 0 Å². The van der Waals surface area contributed by atoms with Crippen molar-refractivity contribution in [2.45, 2.75) is 104 Å². The number of ether oxygens (including phenoxy) is 1. The predicted molar refractivity (Wildman–Crippen MR) is 159 cm³/mol. The first kappa shape index (κ1) is 35.3. The summed E-state index contributed by atoms with van der Waals surface area (Å²) in [4.78, 5) is 45.0. The van der Waals surface area contributed by atoms with Crippen LogP contribution in [0, 0.1) is 0 Å². The summed E-state index contributed by atoms with van der Waals surface area (Å²) < 4.78 is 5.16. The van der Waals surface area contributed by atoms with Gasteiger partial charge in [0.05, 0.1) is 28.9 Å². The molecule has 0 radical (unpaired) electrons. The third-order valence-corrected chi connectivity index (χ3v) is 6.74. The molecule has 0 fully saturated rings. The average molecular weight is 571 g/mol. The lowest BCUT2D eigenvalue weighted by Gasteiger charge is -2.09. The van der Waals surface area contributed by atoms with Gasteiger partial charge in [0.15, 0.2) is 0 Å². The lowest BCUT2D eigenvalue weighted by Crippen LogP contribution is -2.10. The molecule has 8 nitrogen and oxygen atoms in total. The van der Waals surface area contributed by atoms with Crippen LogP contribution < -0.4 is 0 Å². The monoisotopic (exact) mass is 570 g/mol. The lowest BCUT2D eigenvalue weighted by molar-refractivity contribution is 0.0496. The molecule has 2 rings (SSSR count). The molecular formula is C33H46O8. The Hall–Kier alpha value is -3.68. The van der Waals surface area contributed by atoms with Crippen LogP contribution in [0.4, 0.5) is 0 Å². The molecule has 2 aromatic rings. The zero-order valence-corrected chi connectivity index (χ0v) is 24.5. The second-order valence-electron chi connectivity index (χ2n) is 10.1. The van der Waals surface area contributed by atoms with Crippen molar-refractivity contribution < 1.29 is 39.2 Å². The predicted octanol–water partition coefficient (Wildman–Crippen LogP) is 8.28. The fourth-order valence-electron chi connectivity index (χ4n) is 4.43. The molecule has 0 aliphatic rings. The molecule has 0 spiro atoms. The Kier molecular flexibility index (Phi) is 18.2. The summed E-state index contributed by atoms with van der Waals surface area (Å²) in [6, 6.07) is 10.3. The van der Waals surface area contributed by atoms with Crippen LogP contribution in [0.2, 0.25) is 0 Å². The maximum atomic E-state index is 11.8. The first-order chi connectivity index (χ1) is 19.7. The number of carbonyl (C=O) groups is 4. The topological polar surface area (TPSA) is 138 Å². The minimum Gasteiger partial charge on any atom is -0.478 e. The molecule has 0 heterocycles. The van der Waals surface area contributed by atoms with E-state index < -0.39 is 23.9 Å². The number of hydrogen-bond acceptors (Lipinski definition) is 5. The summed E-state index contributed by atoms with van der Waals surface area (Å²) in [5.41, 5.74) is 1.05. The molecule has 8 heteroatoms. The molecule has 3 N–H and O–H groups in total. The Labute approximate surface area is 243 Å². The molecule has 0 aliphatic heterocycles. The zero-order chi connectivity index (χ0) is 30.5. The van der Waals surface area contributed by atoms with E-state index in [2.05, 4.69) is 13.8 Å². The van der Waals surface area contributed by atoms with Gasteiger partial charge in [0.2, 0.25) is 0 Å². The highest BCUT2D eigenvalue weighted by molar-refractivity contribution is 5.96. The number of carboxylic acid groups (broad SMARTS) is 3. The van der Waals surface area contributed by atoms with Gasteiger partial charge >= 0.3 is 23.9 Å². The van der Waals surface area contributed by atoms with Gasteiger partial charge in [-0.25, -0.2) is 19.2 Å². The van der Waals surface area contributed by atoms with Crippen LogP contribution in [0.25, 0.3) is 0 Å². The van der Waals surface area contributed by atoms with Crippen molar-refractivity contribution in [2.75, 3.05) is 6.61 Å². The molecule has 0 unspecified atom stereocenters. The molecule has 0 saturated heterocycles. The van der Waals surface area contributed by atoms with Gasteiger partial charge in [0.25, 0.3) is 0 Å². The van der Waals surface area contributed by atoms with Crippen LogP contribution in [0.3, 0.4) is 0 Å². The number of aromatic carboxylic acids is 3. The SMILES string of the molecule is CCCCCCCCCOC(=O)c1cccc(C(=O)O)c1.CCCCCCCCc1c(C(=O)O)cccc1C(=O)O. The van der Waals surface area contributed by atoms with Gasteiger partial charge in [0.1, 0.15) is 0 Å². The Morgan fingerprint density at radius 1 is 0.585 bits per heavy atom. The summed E-state index contributed by atoms with van der Waals surface area (Å²) >= 11 is 0. The molecule has 2 aromatic carbocycles. The van der Waals surface area contributed by atoms with Gasteiger partial charge in [-0.15, -0.1) is 0 Å². The second kappa shape index (κ2) is 21.1. The van der Waals surface area contributed by atoms with Crippen molar-refractivity contribution >= 4 is 23.9 Å². The van der Waals surface area contributed by atoms with Crippen LogP contribution in [-0.2, 0) is 11.2 Å². The Balaban J connectivity index is 0.000000410. The summed E-state index contributed by atoms with van der Waals surface area (Å²) in [7, 11) is 0. The van der Waals surface area contributed by atoms with Crippen LogP contribution in [0.1, 0.15) is 144 Å². The Morgan fingerprint density at radius 3 is 1.56 bits per heavy atom. The van der Waals surface area contributed by atoms with Gasteiger partial charge in [-0.3, -0.25) is 0 Å². The van der Waals surface area contributed by atoms with Gasteiger partial charge in [-0.2, -0.15) is 0 Å². The van der Waals surface area contributed by atoms with E-state index in [1.165, 1.54) is 81.7 Å². The van der Waals surface area contributed by atoms with E-state index in [9.17, 15) is 19.2 Å². The largest absolute Gasteiger partial charge is 0.478 e. The van der Waals surface area contributed by atoms with E-state index in [1.807, 2.05) is 0 Å². The number of esters is 1. The van der Waals surface area contributed by atoms with Crippen molar-refractivity contribution in [1.82, 2.24) is 0 Å². The molecule has 0 saturated carbocycles. The van der Waals surface area contributed by atoms with E-state index in [4.69, 9.17) is 20.1 Å². The van der Waals surface area contributed by atoms with Crippen LogP contribution in [0.15, 0.2) is 42.5 Å². The number of carboxylic acids is 3. The van der Waals surface area contributed by atoms with Gasteiger partial charge in [-0.05, 0) is 55.2 Å². The fourth-order valence-corrected chi connectivity index (χ4v) is 4.43. The molecule has 0 aliphatic carbocycles. The number of hydrogen-bond donors (Lipinski definition) is 3. The van der Waals surface area contributed by atoms with Crippen molar-refractivity contribution in [3.05, 3.63) is 70.3 Å². The summed E-state index contributed by atoms with van der Waals surface area (Å²) in [6.07, 6.45) is 15.2. The van der Waals surface area contributed by atoms with Crippen molar-refractivity contribution in [1.29, 1.82) is 0 Å². The highest BCUT2D eigenvalue weighted by Crippen LogP contribution is 2.19. The molecule has 0 atom stereocenters. The third kappa shape index (κ3) is 14.5. The summed E-state index contributed by atoms with van der Waals surface area (Å²) in [5, 5.41) is 27.2. The van der Waals surface area contributed by atoms with Crippen molar-refractivity contribution in [2.24, 2.45) is 0 Å². The quantitative estimate of drug-likeness (QED) is 0.113. The first-order valence-corrected chi connectivity index (χ1v) is 14.8. The van der Waals surface area contributed by atoms with Gasteiger partial charge in [0, 0.05) is 0 Å². The maximum Gasteiger partial charge on any atom is 0.338 e. The Morgan fingerprint density at radius 2 is 1.05 bits per heavy atom. The number of carbonyl (C=O) groups excluding carboxylic acids is 1. The lowest BCUT2D eigenvalue weighted by atomic mass is 9.95. The highest BCUT2D eigenvalue weighted by Gasteiger charge is 2.17. The number of unbranched alkanes of at least 4 members (excludes halogenated alkanes) is 11. The van der Waals surface area contributed by atoms with Crippen molar-refractivity contribution in [3.8, 4) is 0 Å². The molecular weight excluding hydrogens is 524 g/mol. The minimum absolute atomic E-state index is 0.0976. The molecule has 226 valence electrons. The standard InChI is InChI=1S/C17H24O4.C16H22O4/c1-2-3-4-5-6-7-8-12-21-17(20)15-11-9-10-14(13-15)16(18)19;1-2-3-4-5-6-7-9-12-13(15(17)18)10-8-11-14(12)16(19)20/h9-11,13H,2-8,12H2,1H3,(H,18,19);8,10-11H,2-7,9H2,1H3,(H,17,18)(H,19,20). The average Bonchev–Trinajstić information content (AvgIpc) is 2.96. The second-order valence-corrected chi connectivity index (χ2v) is 10.1. The summed E-state index contributed by atoms with van der Waals surface area (Å²) in [5.74, 6) is -3.62. The molecule has 0 bridgehead atoms. The van der Waals surface area contributed by atoms with E-state index in [-0.39, 0.29) is 22.3 Å². The third-order valence-electron chi connectivity index (χ3n) is 6.74. The Bertz CT molecular complexity index is 1060. The summed E-state index contributed by atoms with van der Waals surface area (Å²) in [6.45, 7) is 4.74. The minimum atomic E-state index is -1.06. The van der Waals surface area contributed by atoms with Crippen molar-refractivity contribution in [3.63, 3.8) is 0 Å². The number of rotatable bonds is 19. The van der Waals surface area contributed by atoms with E-state index in [0.29, 0.717) is 18.6 Å². The molecule has 0 amide bonds. The van der Waals surface area contributed by atoms with E-state index in [1.54, 1.807) is 12.1 Å². The molecule has 41 heavy (non-hydrogen) atoms. The van der Waals surface area contributed by atoms with Crippen LogP contribution in [-0.4, -0.2) is 45.8 Å². The van der Waals surface area contributed by atoms with E-state index >= 15 is 0 Å². The highest BCUT2D eigenvalue weighted by atomic mass is 16.5. The number of benzene rings is 2.